The van der Waals surface area contributed by atoms with Gasteiger partial charge in [0.2, 0.25) is 0 Å². The van der Waals surface area contributed by atoms with Crippen LogP contribution in [0, 0.1) is 0 Å². The maximum absolute atomic E-state index is 5.96. The van der Waals surface area contributed by atoms with Crippen LogP contribution in [0.5, 0.6) is 0 Å². The number of thiophene rings is 2. The van der Waals surface area contributed by atoms with Gasteiger partial charge < -0.3 is 10.1 Å². The largest absolute Gasteiger partial charge is 0.369 e. The van der Waals surface area contributed by atoms with E-state index < -0.39 is 0 Å². The van der Waals surface area contributed by atoms with Crippen molar-refractivity contribution in [1.29, 1.82) is 0 Å². The SMILES string of the molecule is c1csc(CNC[C@@H]2Cn3nnc(-c4ccsc4)c3CO2)c1. The average Bonchev–Trinajstić information content (AvgIpc) is 3.28. The predicted molar refractivity (Wildman–Crippen MR) is 87.9 cm³/mol. The Morgan fingerprint density at radius 3 is 3.18 bits per heavy atom. The fourth-order valence-electron chi connectivity index (χ4n) is 2.58. The van der Waals surface area contributed by atoms with Crippen LogP contribution in [0.25, 0.3) is 11.3 Å². The number of rotatable bonds is 5. The van der Waals surface area contributed by atoms with Gasteiger partial charge in [-0.3, -0.25) is 0 Å². The molecule has 0 bridgehead atoms. The van der Waals surface area contributed by atoms with Gasteiger partial charge in [0.15, 0.2) is 0 Å². The fraction of sp³-hybridized carbons (Fsp3) is 0.333. The fourth-order valence-corrected chi connectivity index (χ4v) is 3.90. The molecule has 7 heteroatoms. The molecule has 0 amide bonds. The highest BCUT2D eigenvalue weighted by Crippen LogP contribution is 2.26. The van der Waals surface area contributed by atoms with E-state index in [1.807, 2.05) is 4.68 Å². The molecular formula is C15H16N4OS2. The summed E-state index contributed by atoms with van der Waals surface area (Å²) in [5, 5.41) is 18.3. The smallest absolute Gasteiger partial charge is 0.119 e. The second kappa shape index (κ2) is 6.29. The molecule has 1 aliphatic rings. The maximum atomic E-state index is 5.96. The molecule has 0 radical (unpaired) electrons. The van der Waals surface area contributed by atoms with Gasteiger partial charge in [-0.05, 0) is 22.9 Å². The molecule has 3 aromatic rings. The number of hydrogen-bond donors (Lipinski definition) is 1. The summed E-state index contributed by atoms with van der Waals surface area (Å²) in [6.07, 6.45) is 0.143. The Morgan fingerprint density at radius 2 is 2.36 bits per heavy atom. The Labute approximate surface area is 136 Å². The van der Waals surface area contributed by atoms with E-state index in [1.54, 1.807) is 22.7 Å². The molecule has 0 aliphatic carbocycles. The molecule has 0 saturated carbocycles. The molecule has 5 nitrogen and oxygen atoms in total. The van der Waals surface area contributed by atoms with Crippen molar-refractivity contribution in [3.05, 3.63) is 44.9 Å². The number of hydrogen-bond acceptors (Lipinski definition) is 6. The van der Waals surface area contributed by atoms with Gasteiger partial charge >= 0.3 is 0 Å². The summed E-state index contributed by atoms with van der Waals surface area (Å²) < 4.78 is 7.94. The van der Waals surface area contributed by atoms with Gasteiger partial charge in [0, 0.05) is 28.9 Å². The third kappa shape index (κ3) is 2.85. The molecule has 114 valence electrons. The lowest BCUT2D eigenvalue weighted by Crippen LogP contribution is -2.36. The van der Waals surface area contributed by atoms with Crippen LogP contribution in [-0.4, -0.2) is 27.6 Å². The Balaban J connectivity index is 1.38. The molecule has 1 N–H and O–H groups in total. The van der Waals surface area contributed by atoms with Crippen LogP contribution in [0.3, 0.4) is 0 Å². The highest BCUT2D eigenvalue weighted by molar-refractivity contribution is 7.09. The summed E-state index contributed by atoms with van der Waals surface area (Å²) in [6, 6.07) is 6.29. The van der Waals surface area contributed by atoms with E-state index in [0.717, 1.165) is 36.6 Å². The first-order chi connectivity index (χ1) is 10.9. The molecular weight excluding hydrogens is 316 g/mol. The molecule has 1 atom stereocenters. The van der Waals surface area contributed by atoms with Crippen LogP contribution in [-0.2, 0) is 24.4 Å². The average molecular weight is 332 g/mol. The number of fused-ring (bicyclic) bond motifs is 1. The minimum Gasteiger partial charge on any atom is -0.369 e. The third-order valence-electron chi connectivity index (χ3n) is 3.72. The summed E-state index contributed by atoms with van der Waals surface area (Å²) in [4.78, 5) is 1.34. The van der Waals surface area contributed by atoms with Crippen molar-refractivity contribution < 1.29 is 4.74 Å². The van der Waals surface area contributed by atoms with Gasteiger partial charge in [-0.25, -0.2) is 4.68 Å². The minimum atomic E-state index is 0.143. The zero-order chi connectivity index (χ0) is 14.8. The zero-order valence-corrected chi connectivity index (χ0v) is 13.6. The second-order valence-corrected chi connectivity index (χ2v) is 7.03. The van der Waals surface area contributed by atoms with Crippen LogP contribution >= 0.6 is 22.7 Å². The first-order valence-corrected chi connectivity index (χ1v) is 9.02. The Hall–Kier alpha value is -1.54. The molecule has 22 heavy (non-hydrogen) atoms. The van der Waals surface area contributed by atoms with Crippen molar-refractivity contribution in [2.45, 2.75) is 25.8 Å². The van der Waals surface area contributed by atoms with Crippen LogP contribution in [0.1, 0.15) is 10.6 Å². The van der Waals surface area contributed by atoms with Gasteiger partial charge in [-0.15, -0.1) is 16.4 Å². The highest BCUT2D eigenvalue weighted by Gasteiger charge is 2.24. The number of aromatic nitrogens is 3. The summed E-state index contributed by atoms with van der Waals surface area (Å²) in [7, 11) is 0. The predicted octanol–water partition coefficient (Wildman–Crippen LogP) is 2.76. The molecule has 1 aliphatic heterocycles. The third-order valence-corrected chi connectivity index (χ3v) is 5.28. The second-order valence-electron chi connectivity index (χ2n) is 5.22. The molecule has 4 rings (SSSR count). The first-order valence-electron chi connectivity index (χ1n) is 7.20. The van der Waals surface area contributed by atoms with E-state index >= 15 is 0 Å². The van der Waals surface area contributed by atoms with E-state index in [4.69, 9.17) is 4.74 Å². The number of ether oxygens (including phenoxy) is 1. The molecule has 0 saturated heterocycles. The van der Waals surface area contributed by atoms with Crippen molar-refractivity contribution in [3.63, 3.8) is 0 Å². The van der Waals surface area contributed by atoms with Gasteiger partial charge in [0.1, 0.15) is 5.69 Å². The zero-order valence-electron chi connectivity index (χ0n) is 11.9. The summed E-state index contributed by atoms with van der Waals surface area (Å²) in [5.74, 6) is 0. The van der Waals surface area contributed by atoms with Gasteiger partial charge in [-0.1, -0.05) is 11.3 Å². The molecule has 3 aromatic heterocycles. The summed E-state index contributed by atoms with van der Waals surface area (Å²) >= 11 is 3.44. The monoisotopic (exact) mass is 332 g/mol. The van der Waals surface area contributed by atoms with Crippen molar-refractivity contribution in [1.82, 2.24) is 20.3 Å². The lowest BCUT2D eigenvalue weighted by molar-refractivity contribution is 0.00128. The number of nitrogens with zero attached hydrogens (tertiary/aromatic N) is 3. The molecule has 0 aromatic carbocycles. The van der Waals surface area contributed by atoms with Crippen molar-refractivity contribution in [3.8, 4) is 11.3 Å². The van der Waals surface area contributed by atoms with Crippen LogP contribution in [0.15, 0.2) is 34.3 Å². The minimum absolute atomic E-state index is 0.143. The van der Waals surface area contributed by atoms with Crippen molar-refractivity contribution >= 4 is 22.7 Å². The molecule has 0 unspecified atom stereocenters. The highest BCUT2D eigenvalue weighted by atomic mass is 32.1. The van der Waals surface area contributed by atoms with Crippen molar-refractivity contribution in [2.24, 2.45) is 0 Å². The van der Waals surface area contributed by atoms with E-state index in [0.29, 0.717) is 6.61 Å². The van der Waals surface area contributed by atoms with Gasteiger partial charge in [0.25, 0.3) is 0 Å². The quantitative estimate of drug-likeness (QED) is 0.780. The normalized spacial score (nSPS) is 17.5. The van der Waals surface area contributed by atoms with Crippen LogP contribution < -0.4 is 5.32 Å². The standard InChI is InChI=1S/C15H16N4OS2/c1-2-13(22-4-1)7-16-6-12-8-19-14(9-20-12)15(17-18-19)11-3-5-21-10-11/h1-5,10,12,16H,6-9H2/t12-/m1/s1. The Bertz CT molecular complexity index is 721. The lowest BCUT2D eigenvalue weighted by Gasteiger charge is -2.24. The lowest BCUT2D eigenvalue weighted by atomic mass is 10.2. The maximum Gasteiger partial charge on any atom is 0.119 e. The molecule has 0 spiro atoms. The van der Waals surface area contributed by atoms with Crippen molar-refractivity contribution in [2.75, 3.05) is 6.54 Å². The van der Waals surface area contributed by atoms with Gasteiger partial charge in [-0.2, -0.15) is 11.3 Å². The van der Waals surface area contributed by atoms with E-state index in [2.05, 4.69) is 50.0 Å². The van der Waals surface area contributed by atoms with E-state index in [1.165, 1.54) is 4.88 Å². The Kier molecular flexibility index (Phi) is 4.03. The van der Waals surface area contributed by atoms with Gasteiger partial charge in [0.05, 0.1) is 24.9 Å². The summed E-state index contributed by atoms with van der Waals surface area (Å²) in [5.41, 5.74) is 3.16. The number of nitrogens with one attached hydrogen (secondary N) is 1. The van der Waals surface area contributed by atoms with Crippen LogP contribution in [0.4, 0.5) is 0 Å². The van der Waals surface area contributed by atoms with Crippen LogP contribution in [0.2, 0.25) is 0 Å². The molecule has 0 fully saturated rings. The Morgan fingerprint density at radius 1 is 1.36 bits per heavy atom. The first kappa shape index (κ1) is 14.1. The molecule has 4 heterocycles. The van der Waals surface area contributed by atoms with E-state index in [-0.39, 0.29) is 6.10 Å². The summed E-state index contributed by atoms with van der Waals surface area (Å²) in [6.45, 7) is 3.04. The topological polar surface area (TPSA) is 52.0 Å². The van der Waals surface area contributed by atoms with E-state index in [9.17, 15) is 0 Å².